The van der Waals surface area contributed by atoms with Crippen LogP contribution in [0.3, 0.4) is 0 Å². The van der Waals surface area contributed by atoms with Gasteiger partial charge in [-0.1, -0.05) is 23.4 Å². The van der Waals surface area contributed by atoms with Crippen molar-refractivity contribution in [3.63, 3.8) is 0 Å². The summed E-state index contributed by atoms with van der Waals surface area (Å²) in [7, 11) is 0. The van der Waals surface area contributed by atoms with Crippen LogP contribution in [0, 0.1) is 0 Å². The van der Waals surface area contributed by atoms with Crippen LogP contribution in [0.1, 0.15) is 18.3 Å². The van der Waals surface area contributed by atoms with Gasteiger partial charge in [0.05, 0.1) is 12.2 Å². The number of oxazole rings is 1. The van der Waals surface area contributed by atoms with Crippen LogP contribution in [0.4, 0.5) is 0 Å². The number of halogens is 1. The molecule has 1 saturated heterocycles. The van der Waals surface area contributed by atoms with Crippen LogP contribution in [0.2, 0.25) is 0 Å². The molecule has 0 bridgehead atoms. The minimum Gasteiger partial charge on any atom is -0.444 e. The Morgan fingerprint density at radius 3 is 2.60 bits per heavy atom. The zero-order valence-corrected chi connectivity index (χ0v) is 19.4. The monoisotopic (exact) mass is 522 g/mol. The molecule has 1 aliphatic heterocycles. The van der Waals surface area contributed by atoms with E-state index in [0.29, 0.717) is 12.4 Å². The molecule has 3 heterocycles. The van der Waals surface area contributed by atoms with Crippen molar-refractivity contribution >= 4 is 29.9 Å². The lowest BCUT2D eigenvalue weighted by atomic mass is 10.2. The Balaban J connectivity index is 0.00000256. The molecule has 0 aliphatic carbocycles. The topological polar surface area (TPSA) is 82.9 Å². The number of piperazine rings is 1. The van der Waals surface area contributed by atoms with Crippen molar-refractivity contribution in [2.24, 2.45) is 4.99 Å². The summed E-state index contributed by atoms with van der Waals surface area (Å²) in [4.78, 5) is 14.0. The van der Waals surface area contributed by atoms with E-state index >= 15 is 0 Å². The molecule has 30 heavy (non-hydrogen) atoms. The number of hydrogen-bond acceptors (Lipinski definition) is 6. The summed E-state index contributed by atoms with van der Waals surface area (Å²) in [6.45, 7) is 7.96. The van der Waals surface area contributed by atoms with E-state index in [0.717, 1.165) is 62.2 Å². The molecule has 8 nitrogen and oxygen atoms in total. The van der Waals surface area contributed by atoms with Crippen LogP contribution in [-0.2, 0) is 13.1 Å². The molecule has 1 fully saturated rings. The van der Waals surface area contributed by atoms with E-state index in [1.807, 2.05) is 36.4 Å². The summed E-state index contributed by atoms with van der Waals surface area (Å²) < 4.78 is 10.5. The fraction of sp³-hybridized carbons (Fsp3) is 0.381. The Morgan fingerprint density at radius 1 is 1.10 bits per heavy atom. The highest BCUT2D eigenvalue weighted by Crippen LogP contribution is 2.18. The van der Waals surface area contributed by atoms with E-state index in [1.165, 1.54) is 0 Å². The predicted octanol–water partition coefficient (Wildman–Crippen LogP) is 3.23. The summed E-state index contributed by atoms with van der Waals surface area (Å²) in [5.74, 6) is 1.54. The van der Waals surface area contributed by atoms with Gasteiger partial charge in [-0.2, -0.15) is 0 Å². The molecule has 160 valence electrons. The Morgan fingerprint density at radius 2 is 1.90 bits per heavy atom. The second-order valence-corrected chi connectivity index (χ2v) is 6.93. The average molecular weight is 522 g/mol. The quantitative estimate of drug-likeness (QED) is 0.303. The maximum atomic E-state index is 5.62. The molecule has 9 heteroatoms. The Hall–Kier alpha value is -2.40. The SMILES string of the molecule is CCNC(=NCc1coc(-c2ccccc2)n1)N1CCN(Cc2ccon2)CC1.I. The lowest BCUT2D eigenvalue weighted by molar-refractivity contribution is 0.169. The number of aliphatic imine (C=N–C) groups is 1. The van der Waals surface area contributed by atoms with Crippen LogP contribution < -0.4 is 5.32 Å². The Labute approximate surface area is 193 Å². The molecule has 1 aromatic carbocycles. The van der Waals surface area contributed by atoms with Crippen LogP contribution in [-0.4, -0.2) is 58.6 Å². The first-order valence-electron chi connectivity index (χ1n) is 9.96. The maximum Gasteiger partial charge on any atom is 0.226 e. The molecular formula is C21H27IN6O2. The summed E-state index contributed by atoms with van der Waals surface area (Å²) >= 11 is 0. The van der Waals surface area contributed by atoms with Crippen LogP contribution >= 0.6 is 24.0 Å². The number of aromatic nitrogens is 2. The standard InChI is InChI=1S/C21H26N6O2.HI/c1-2-22-21(27-11-9-26(10-12-27)15-18-8-13-29-25-18)23-14-19-16-28-20(24-19)17-6-4-3-5-7-17;/h3-8,13,16H,2,9-12,14-15H2,1H3,(H,22,23);1H. The first kappa shape index (κ1) is 22.3. The maximum absolute atomic E-state index is 5.62. The van der Waals surface area contributed by atoms with Crippen molar-refractivity contribution in [2.75, 3.05) is 32.7 Å². The minimum atomic E-state index is 0. The van der Waals surface area contributed by atoms with Gasteiger partial charge in [0.25, 0.3) is 0 Å². The predicted molar refractivity (Wildman–Crippen MR) is 126 cm³/mol. The average Bonchev–Trinajstić information content (AvgIpc) is 3.45. The van der Waals surface area contributed by atoms with Gasteiger partial charge in [0.15, 0.2) is 5.96 Å². The minimum absolute atomic E-state index is 0. The van der Waals surface area contributed by atoms with E-state index in [9.17, 15) is 0 Å². The number of benzene rings is 1. The zero-order valence-electron chi connectivity index (χ0n) is 17.0. The van der Waals surface area contributed by atoms with Crippen LogP contribution in [0.15, 0.2) is 62.9 Å². The zero-order chi connectivity index (χ0) is 19.9. The van der Waals surface area contributed by atoms with Crippen molar-refractivity contribution in [3.8, 4) is 11.5 Å². The van der Waals surface area contributed by atoms with Crippen molar-refractivity contribution < 1.29 is 8.94 Å². The van der Waals surface area contributed by atoms with Gasteiger partial charge in [-0.15, -0.1) is 24.0 Å². The smallest absolute Gasteiger partial charge is 0.226 e. The molecule has 2 aromatic heterocycles. The third-order valence-corrected chi connectivity index (χ3v) is 4.85. The molecule has 0 saturated carbocycles. The second-order valence-electron chi connectivity index (χ2n) is 6.93. The fourth-order valence-corrected chi connectivity index (χ4v) is 3.34. The molecule has 0 spiro atoms. The number of rotatable bonds is 6. The summed E-state index contributed by atoms with van der Waals surface area (Å²) in [5, 5.41) is 7.39. The van der Waals surface area contributed by atoms with Crippen molar-refractivity contribution in [3.05, 3.63) is 60.3 Å². The summed E-state index contributed by atoms with van der Waals surface area (Å²) in [6.07, 6.45) is 3.31. The lowest BCUT2D eigenvalue weighted by Crippen LogP contribution is -2.52. The molecule has 1 aliphatic rings. The molecule has 0 amide bonds. The van der Waals surface area contributed by atoms with E-state index < -0.39 is 0 Å². The number of nitrogens with one attached hydrogen (secondary N) is 1. The van der Waals surface area contributed by atoms with E-state index in [-0.39, 0.29) is 24.0 Å². The van der Waals surface area contributed by atoms with Gasteiger partial charge in [-0.25, -0.2) is 9.98 Å². The van der Waals surface area contributed by atoms with Crippen molar-refractivity contribution in [2.45, 2.75) is 20.0 Å². The molecule has 4 rings (SSSR count). The molecule has 0 radical (unpaired) electrons. The summed E-state index contributed by atoms with van der Waals surface area (Å²) in [6, 6.07) is 11.8. The van der Waals surface area contributed by atoms with E-state index in [4.69, 9.17) is 13.9 Å². The first-order chi connectivity index (χ1) is 14.3. The first-order valence-corrected chi connectivity index (χ1v) is 9.96. The molecule has 0 unspecified atom stereocenters. The third-order valence-electron chi connectivity index (χ3n) is 4.85. The second kappa shape index (κ2) is 11.1. The number of hydrogen-bond donors (Lipinski definition) is 1. The highest BCUT2D eigenvalue weighted by atomic mass is 127. The molecular weight excluding hydrogens is 495 g/mol. The van der Waals surface area contributed by atoms with Gasteiger partial charge in [-0.3, -0.25) is 4.90 Å². The van der Waals surface area contributed by atoms with Gasteiger partial charge in [0, 0.05) is 50.9 Å². The van der Waals surface area contributed by atoms with Crippen molar-refractivity contribution in [1.82, 2.24) is 25.3 Å². The Bertz CT molecular complexity index is 905. The van der Waals surface area contributed by atoms with Gasteiger partial charge < -0.3 is 19.2 Å². The molecule has 3 aromatic rings. The largest absolute Gasteiger partial charge is 0.444 e. The van der Waals surface area contributed by atoms with Gasteiger partial charge >= 0.3 is 0 Å². The fourth-order valence-electron chi connectivity index (χ4n) is 3.34. The normalized spacial score (nSPS) is 15.1. The van der Waals surface area contributed by atoms with Crippen LogP contribution in [0.5, 0.6) is 0 Å². The molecule has 1 N–H and O–H groups in total. The molecule has 0 atom stereocenters. The van der Waals surface area contributed by atoms with E-state index in [1.54, 1.807) is 12.5 Å². The van der Waals surface area contributed by atoms with Gasteiger partial charge in [0.1, 0.15) is 18.2 Å². The summed E-state index contributed by atoms with van der Waals surface area (Å²) in [5.41, 5.74) is 2.76. The number of guanidine groups is 1. The lowest BCUT2D eigenvalue weighted by Gasteiger charge is -2.36. The van der Waals surface area contributed by atoms with Crippen molar-refractivity contribution in [1.29, 1.82) is 0 Å². The highest BCUT2D eigenvalue weighted by Gasteiger charge is 2.20. The van der Waals surface area contributed by atoms with Gasteiger partial charge in [0.2, 0.25) is 5.89 Å². The van der Waals surface area contributed by atoms with E-state index in [2.05, 4.69) is 32.2 Å². The van der Waals surface area contributed by atoms with Gasteiger partial charge in [-0.05, 0) is 19.1 Å². The highest BCUT2D eigenvalue weighted by molar-refractivity contribution is 14.0. The number of nitrogens with zero attached hydrogens (tertiary/aromatic N) is 5. The Kier molecular flexibility index (Phi) is 8.26. The third kappa shape index (κ3) is 5.82. The van der Waals surface area contributed by atoms with Crippen LogP contribution in [0.25, 0.3) is 11.5 Å².